The first-order valence-corrected chi connectivity index (χ1v) is 6.67. The second-order valence-electron chi connectivity index (χ2n) is 4.78. The number of rotatable bonds is 5. The van der Waals surface area contributed by atoms with E-state index in [1.54, 1.807) is 0 Å². The smallest absolute Gasteiger partial charge is 0.280 e. The van der Waals surface area contributed by atoms with E-state index in [-0.39, 0.29) is 24.1 Å². The van der Waals surface area contributed by atoms with E-state index in [1.165, 1.54) is 4.68 Å². The number of aromatic nitrogens is 3. The average molecular weight is 289 g/mol. The third kappa shape index (κ3) is 3.57. The highest BCUT2D eigenvalue weighted by Crippen LogP contribution is 2.16. The molecule has 0 atom stereocenters. The van der Waals surface area contributed by atoms with Crippen molar-refractivity contribution >= 4 is 17.4 Å². The molecule has 0 bridgehead atoms. The maximum Gasteiger partial charge on any atom is 0.280 e. The zero-order chi connectivity index (χ0) is 15.4. The van der Waals surface area contributed by atoms with Gasteiger partial charge in [-0.05, 0) is 44.0 Å². The van der Waals surface area contributed by atoms with Crippen LogP contribution in [0.5, 0.6) is 0 Å². The van der Waals surface area contributed by atoms with Crippen LogP contribution in [0.3, 0.4) is 0 Å². The minimum atomic E-state index is -0.389. The van der Waals surface area contributed by atoms with Crippen LogP contribution in [0.15, 0.2) is 18.2 Å². The predicted octanol–water partition coefficient (Wildman–Crippen LogP) is 1.72. The number of benzene rings is 1. The standard InChI is InChI=1S/C14H19N5O2/c1-4-21-8-19-13(15)12(17-18-19)14(20)16-11-6-9(2)5-10(3)7-11/h5-7H,4,8,15H2,1-3H3,(H,16,20). The summed E-state index contributed by atoms with van der Waals surface area (Å²) in [5, 5.41) is 10.4. The minimum Gasteiger partial charge on any atom is -0.382 e. The van der Waals surface area contributed by atoms with Gasteiger partial charge in [0.2, 0.25) is 0 Å². The molecule has 0 saturated carbocycles. The Bertz CT molecular complexity index is 631. The summed E-state index contributed by atoms with van der Waals surface area (Å²) in [5.41, 5.74) is 8.79. The maximum absolute atomic E-state index is 12.2. The quantitative estimate of drug-likeness (QED) is 0.874. The Morgan fingerprint density at radius 3 is 2.62 bits per heavy atom. The van der Waals surface area contributed by atoms with Crippen LogP contribution in [0.1, 0.15) is 28.5 Å². The first-order chi connectivity index (χ1) is 10.0. The molecule has 0 radical (unpaired) electrons. The van der Waals surface area contributed by atoms with Gasteiger partial charge in [0.1, 0.15) is 6.73 Å². The topological polar surface area (TPSA) is 95.1 Å². The molecule has 1 heterocycles. The second kappa shape index (κ2) is 6.36. The predicted molar refractivity (Wildman–Crippen MR) is 79.9 cm³/mol. The van der Waals surface area contributed by atoms with Crippen LogP contribution in [0.4, 0.5) is 11.5 Å². The van der Waals surface area contributed by atoms with Gasteiger partial charge in [-0.15, -0.1) is 5.10 Å². The number of amides is 1. The van der Waals surface area contributed by atoms with Gasteiger partial charge in [0.15, 0.2) is 11.5 Å². The Morgan fingerprint density at radius 1 is 1.33 bits per heavy atom. The van der Waals surface area contributed by atoms with Crippen LogP contribution in [0.2, 0.25) is 0 Å². The molecule has 2 rings (SSSR count). The maximum atomic E-state index is 12.2. The fraction of sp³-hybridized carbons (Fsp3) is 0.357. The number of nitrogen functional groups attached to an aromatic ring is 1. The van der Waals surface area contributed by atoms with E-state index in [0.29, 0.717) is 12.3 Å². The number of anilines is 2. The molecule has 0 unspecified atom stereocenters. The van der Waals surface area contributed by atoms with E-state index < -0.39 is 0 Å². The van der Waals surface area contributed by atoms with Gasteiger partial charge >= 0.3 is 0 Å². The molecular weight excluding hydrogens is 270 g/mol. The van der Waals surface area contributed by atoms with E-state index in [2.05, 4.69) is 15.6 Å². The zero-order valence-electron chi connectivity index (χ0n) is 12.4. The number of aryl methyl sites for hydroxylation is 2. The van der Waals surface area contributed by atoms with Crippen molar-refractivity contribution in [2.24, 2.45) is 0 Å². The second-order valence-corrected chi connectivity index (χ2v) is 4.78. The van der Waals surface area contributed by atoms with E-state index in [9.17, 15) is 4.79 Å². The van der Waals surface area contributed by atoms with Crippen molar-refractivity contribution in [3.8, 4) is 0 Å². The minimum absolute atomic E-state index is 0.0915. The Balaban J connectivity index is 2.15. The van der Waals surface area contributed by atoms with Crippen molar-refractivity contribution in [1.82, 2.24) is 15.0 Å². The van der Waals surface area contributed by atoms with Gasteiger partial charge in [0.25, 0.3) is 5.91 Å². The molecule has 3 N–H and O–H groups in total. The van der Waals surface area contributed by atoms with E-state index in [4.69, 9.17) is 10.5 Å². The lowest BCUT2D eigenvalue weighted by Gasteiger charge is -2.07. The monoisotopic (exact) mass is 289 g/mol. The lowest BCUT2D eigenvalue weighted by molar-refractivity contribution is 0.0794. The van der Waals surface area contributed by atoms with Crippen molar-refractivity contribution in [1.29, 1.82) is 0 Å². The third-order valence-corrected chi connectivity index (χ3v) is 2.89. The third-order valence-electron chi connectivity index (χ3n) is 2.89. The van der Waals surface area contributed by atoms with Gasteiger partial charge in [-0.2, -0.15) is 0 Å². The fourth-order valence-corrected chi connectivity index (χ4v) is 1.99. The number of nitrogens with one attached hydrogen (secondary N) is 1. The van der Waals surface area contributed by atoms with Gasteiger partial charge in [-0.3, -0.25) is 4.79 Å². The molecule has 0 saturated heterocycles. The van der Waals surface area contributed by atoms with E-state index in [0.717, 1.165) is 11.1 Å². The van der Waals surface area contributed by atoms with Crippen LogP contribution < -0.4 is 11.1 Å². The van der Waals surface area contributed by atoms with Crippen LogP contribution in [-0.4, -0.2) is 27.5 Å². The number of carbonyl (C=O) groups is 1. The molecule has 1 aromatic carbocycles. The molecule has 7 nitrogen and oxygen atoms in total. The summed E-state index contributed by atoms with van der Waals surface area (Å²) in [5.74, 6) is -0.203. The molecule has 2 aromatic rings. The summed E-state index contributed by atoms with van der Waals surface area (Å²) in [7, 11) is 0. The Kier molecular flexibility index (Phi) is 4.54. The number of nitrogens with zero attached hydrogens (tertiary/aromatic N) is 3. The van der Waals surface area contributed by atoms with Crippen molar-refractivity contribution in [3.05, 3.63) is 35.0 Å². The zero-order valence-corrected chi connectivity index (χ0v) is 12.4. The van der Waals surface area contributed by atoms with E-state index >= 15 is 0 Å². The highest BCUT2D eigenvalue weighted by molar-refractivity contribution is 6.05. The van der Waals surface area contributed by atoms with Gasteiger partial charge in [0, 0.05) is 12.3 Å². The largest absolute Gasteiger partial charge is 0.382 e. The van der Waals surface area contributed by atoms with Crippen molar-refractivity contribution in [3.63, 3.8) is 0 Å². The number of nitrogens with two attached hydrogens (primary N) is 1. The van der Waals surface area contributed by atoms with Gasteiger partial charge in [-0.25, -0.2) is 4.68 Å². The Labute approximate surface area is 123 Å². The van der Waals surface area contributed by atoms with Crippen LogP contribution in [0.25, 0.3) is 0 Å². The summed E-state index contributed by atoms with van der Waals surface area (Å²) in [6.07, 6.45) is 0. The fourth-order valence-electron chi connectivity index (χ4n) is 1.99. The molecule has 21 heavy (non-hydrogen) atoms. The van der Waals surface area contributed by atoms with Crippen LogP contribution >= 0.6 is 0 Å². The molecule has 0 fully saturated rings. The highest BCUT2D eigenvalue weighted by atomic mass is 16.5. The number of hydrogen-bond donors (Lipinski definition) is 2. The molecule has 7 heteroatoms. The normalized spacial score (nSPS) is 10.6. The van der Waals surface area contributed by atoms with Crippen LogP contribution in [0, 0.1) is 13.8 Å². The molecule has 0 aliphatic rings. The molecule has 0 aliphatic carbocycles. The first kappa shape index (κ1) is 15.0. The van der Waals surface area contributed by atoms with Crippen molar-refractivity contribution < 1.29 is 9.53 Å². The molecule has 1 amide bonds. The summed E-state index contributed by atoms with van der Waals surface area (Å²) in [6, 6.07) is 5.79. The van der Waals surface area contributed by atoms with Gasteiger partial charge in [0.05, 0.1) is 0 Å². The van der Waals surface area contributed by atoms with E-state index in [1.807, 2.05) is 39.0 Å². The molecular formula is C14H19N5O2. The summed E-state index contributed by atoms with van der Waals surface area (Å²) in [4.78, 5) is 12.2. The number of ether oxygens (including phenoxy) is 1. The number of hydrogen-bond acceptors (Lipinski definition) is 5. The first-order valence-electron chi connectivity index (χ1n) is 6.67. The molecule has 0 spiro atoms. The lowest BCUT2D eigenvalue weighted by Crippen LogP contribution is -2.15. The summed E-state index contributed by atoms with van der Waals surface area (Å²) in [6.45, 7) is 6.50. The highest BCUT2D eigenvalue weighted by Gasteiger charge is 2.17. The average Bonchev–Trinajstić information content (AvgIpc) is 2.76. The number of carbonyl (C=O) groups excluding carboxylic acids is 1. The Morgan fingerprint density at radius 2 is 2.00 bits per heavy atom. The molecule has 0 aliphatic heterocycles. The van der Waals surface area contributed by atoms with Gasteiger partial charge in [-0.1, -0.05) is 11.3 Å². The Hall–Kier alpha value is -2.41. The van der Waals surface area contributed by atoms with Gasteiger partial charge < -0.3 is 15.8 Å². The lowest BCUT2D eigenvalue weighted by atomic mass is 10.1. The van der Waals surface area contributed by atoms with Crippen molar-refractivity contribution in [2.75, 3.05) is 17.7 Å². The van der Waals surface area contributed by atoms with Crippen molar-refractivity contribution in [2.45, 2.75) is 27.5 Å². The summed E-state index contributed by atoms with van der Waals surface area (Å²) >= 11 is 0. The molecule has 1 aromatic heterocycles. The molecule has 112 valence electrons. The summed E-state index contributed by atoms with van der Waals surface area (Å²) < 4.78 is 6.54. The van der Waals surface area contributed by atoms with Crippen LogP contribution in [-0.2, 0) is 11.5 Å². The SMILES string of the molecule is CCOCn1nnc(C(=O)Nc2cc(C)cc(C)c2)c1N.